The lowest BCUT2D eigenvalue weighted by Gasteiger charge is -2.29. The van der Waals surface area contributed by atoms with Crippen molar-refractivity contribution in [2.45, 2.75) is 38.9 Å². The van der Waals surface area contributed by atoms with Gasteiger partial charge in [-0.3, -0.25) is 0 Å². The summed E-state index contributed by atoms with van der Waals surface area (Å²) in [6, 6.07) is 10.2. The molecule has 2 aromatic rings. The number of anilines is 1. The standard InChI is InChI=1S/C17H24FN3O2Si/c1-5-24(6-2,7-3)21-16-15(18)12-19-17(20-16)23-14-10-8-13(22-4)9-11-14/h8-12H,5-7H2,1-4H3,(H,19,20,21). The summed E-state index contributed by atoms with van der Waals surface area (Å²) in [5.41, 5.74) is 0. The first-order chi connectivity index (χ1) is 11.6. The number of halogens is 1. The van der Waals surface area contributed by atoms with Gasteiger partial charge in [0, 0.05) is 0 Å². The molecular formula is C17H24FN3O2Si. The highest BCUT2D eigenvalue weighted by Crippen LogP contribution is 2.26. The molecule has 0 amide bonds. The number of ether oxygens (including phenoxy) is 2. The Hall–Kier alpha value is -2.15. The van der Waals surface area contributed by atoms with Crippen molar-refractivity contribution in [1.82, 2.24) is 9.97 Å². The second kappa shape index (κ2) is 8.10. The van der Waals surface area contributed by atoms with E-state index in [-0.39, 0.29) is 11.8 Å². The maximum absolute atomic E-state index is 14.1. The van der Waals surface area contributed by atoms with Gasteiger partial charge in [0.2, 0.25) is 0 Å². The van der Waals surface area contributed by atoms with Gasteiger partial charge in [-0.15, -0.1) is 0 Å². The van der Waals surface area contributed by atoms with E-state index in [9.17, 15) is 4.39 Å². The summed E-state index contributed by atoms with van der Waals surface area (Å²) >= 11 is 0. The van der Waals surface area contributed by atoms with E-state index >= 15 is 0 Å². The molecular weight excluding hydrogens is 325 g/mol. The molecule has 0 aliphatic carbocycles. The Balaban J connectivity index is 2.21. The van der Waals surface area contributed by atoms with E-state index in [4.69, 9.17) is 9.47 Å². The molecule has 0 bridgehead atoms. The highest BCUT2D eigenvalue weighted by Gasteiger charge is 2.29. The fourth-order valence-corrected chi connectivity index (χ4v) is 5.21. The molecule has 5 nitrogen and oxygen atoms in total. The normalized spacial score (nSPS) is 11.2. The Bertz CT molecular complexity index is 655. The monoisotopic (exact) mass is 349 g/mol. The summed E-state index contributed by atoms with van der Waals surface area (Å²) < 4.78 is 24.8. The Morgan fingerprint density at radius 1 is 1.04 bits per heavy atom. The molecule has 0 unspecified atom stereocenters. The molecule has 0 saturated carbocycles. The van der Waals surface area contributed by atoms with Crippen LogP contribution in [0.3, 0.4) is 0 Å². The van der Waals surface area contributed by atoms with Crippen molar-refractivity contribution in [2.75, 3.05) is 12.1 Å². The number of hydrogen-bond acceptors (Lipinski definition) is 5. The number of rotatable bonds is 8. The van der Waals surface area contributed by atoms with Crippen molar-refractivity contribution in [3.05, 3.63) is 36.3 Å². The molecule has 130 valence electrons. The average molecular weight is 349 g/mol. The molecule has 0 fully saturated rings. The summed E-state index contributed by atoms with van der Waals surface area (Å²) in [4.78, 5) is 11.5. The second-order valence-electron chi connectivity index (χ2n) is 5.59. The zero-order valence-electron chi connectivity index (χ0n) is 14.6. The third kappa shape index (κ3) is 4.23. The van der Waals surface area contributed by atoms with Crippen LogP contribution in [-0.4, -0.2) is 25.3 Å². The van der Waals surface area contributed by atoms with Crippen LogP contribution in [0.2, 0.25) is 18.1 Å². The van der Waals surface area contributed by atoms with Crippen molar-refractivity contribution in [3.8, 4) is 17.5 Å². The lowest BCUT2D eigenvalue weighted by atomic mass is 10.3. The Morgan fingerprint density at radius 3 is 2.17 bits per heavy atom. The van der Waals surface area contributed by atoms with Crippen LogP contribution in [0.4, 0.5) is 10.2 Å². The number of hydrogen-bond donors (Lipinski definition) is 1. The van der Waals surface area contributed by atoms with E-state index in [1.165, 1.54) is 0 Å². The molecule has 0 radical (unpaired) electrons. The fraction of sp³-hybridized carbons (Fsp3) is 0.412. The lowest BCUT2D eigenvalue weighted by molar-refractivity contribution is 0.410. The molecule has 0 aliphatic heterocycles. The molecule has 0 spiro atoms. The number of methoxy groups -OCH3 is 1. The number of aromatic nitrogens is 2. The van der Waals surface area contributed by atoms with Crippen LogP contribution < -0.4 is 14.5 Å². The van der Waals surface area contributed by atoms with Gasteiger partial charge < -0.3 is 14.5 Å². The summed E-state index contributed by atoms with van der Waals surface area (Å²) in [5.74, 6) is 1.07. The highest BCUT2D eigenvalue weighted by atomic mass is 28.3. The van der Waals surface area contributed by atoms with Crippen LogP contribution in [-0.2, 0) is 0 Å². The van der Waals surface area contributed by atoms with Gasteiger partial charge in [-0.1, -0.05) is 20.8 Å². The first kappa shape index (κ1) is 18.2. The summed E-state index contributed by atoms with van der Waals surface area (Å²) in [5, 5.41) is 0. The number of nitrogens with one attached hydrogen (secondary N) is 1. The van der Waals surface area contributed by atoms with Gasteiger partial charge in [-0.25, -0.2) is 9.37 Å². The molecule has 0 saturated heterocycles. The molecule has 1 aromatic heterocycles. The molecule has 7 heteroatoms. The molecule has 1 N–H and O–H groups in total. The molecule has 0 aliphatic rings. The maximum atomic E-state index is 14.1. The van der Waals surface area contributed by atoms with Gasteiger partial charge in [0.05, 0.1) is 13.3 Å². The maximum Gasteiger partial charge on any atom is 0.324 e. The Morgan fingerprint density at radius 2 is 1.62 bits per heavy atom. The zero-order chi connectivity index (χ0) is 17.6. The summed E-state index contributed by atoms with van der Waals surface area (Å²) in [6.07, 6.45) is 1.15. The van der Waals surface area contributed by atoms with Gasteiger partial charge >= 0.3 is 6.01 Å². The average Bonchev–Trinajstić information content (AvgIpc) is 2.63. The minimum absolute atomic E-state index is 0.121. The first-order valence-electron chi connectivity index (χ1n) is 8.18. The van der Waals surface area contributed by atoms with Gasteiger partial charge in [-0.2, -0.15) is 4.98 Å². The van der Waals surface area contributed by atoms with E-state index in [1.807, 2.05) is 0 Å². The van der Waals surface area contributed by atoms with E-state index < -0.39 is 14.1 Å². The van der Waals surface area contributed by atoms with Gasteiger partial charge in [0.25, 0.3) is 0 Å². The van der Waals surface area contributed by atoms with Crippen molar-refractivity contribution in [2.24, 2.45) is 0 Å². The molecule has 1 heterocycles. The Labute approximate surface area is 143 Å². The second-order valence-corrected chi connectivity index (χ2v) is 10.5. The molecule has 1 aromatic carbocycles. The summed E-state index contributed by atoms with van der Waals surface area (Å²) in [7, 11) is -0.170. The molecule has 2 rings (SSSR count). The zero-order valence-corrected chi connectivity index (χ0v) is 15.6. The third-order valence-electron chi connectivity index (χ3n) is 4.40. The Kier molecular flexibility index (Phi) is 6.14. The van der Waals surface area contributed by atoms with Crippen molar-refractivity contribution in [1.29, 1.82) is 0 Å². The number of nitrogens with zero attached hydrogens (tertiary/aromatic N) is 2. The van der Waals surface area contributed by atoms with E-state index in [0.717, 1.165) is 30.1 Å². The van der Waals surface area contributed by atoms with Crippen LogP contribution in [0.25, 0.3) is 0 Å². The van der Waals surface area contributed by atoms with Crippen LogP contribution in [0.15, 0.2) is 30.5 Å². The topological polar surface area (TPSA) is 56.3 Å². The minimum Gasteiger partial charge on any atom is -0.497 e. The van der Waals surface area contributed by atoms with Crippen molar-refractivity contribution >= 4 is 14.1 Å². The van der Waals surface area contributed by atoms with E-state index in [1.54, 1.807) is 31.4 Å². The van der Waals surface area contributed by atoms with Crippen molar-refractivity contribution < 1.29 is 13.9 Å². The van der Waals surface area contributed by atoms with Gasteiger partial charge in [0.1, 0.15) is 11.5 Å². The minimum atomic E-state index is -1.77. The van der Waals surface area contributed by atoms with Crippen LogP contribution in [0.1, 0.15) is 20.8 Å². The van der Waals surface area contributed by atoms with E-state index in [0.29, 0.717) is 5.75 Å². The quantitative estimate of drug-likeness (QED) is 0.692. The highest BCUT2D eigenvalue weighted by molar-refractivity contribution is 6.82. The van der Waals surface area contributed by atoms with Crippen LogP contribution >= 0.6 is 0 Å². The summed E-state index contributed by atoms with van der Waals surface area (Å²) in [6.45, 7) is 6.42. The molecule has 0 atom stereocenters. The largest absolute Gasteiger partial charge is 0.497 e. The first-order valence-corrected chi connectivity index (χ1v) is 10.8. The van der Waals surface area contributed by atoms with Crippen LogP contribution in [0, 0.1) is 5.82 Å². The van der Waals surface area contributed by atoms with Gasteiger partial charge in [-0.05, 0) is 42.4 Å². The third-order valence-corrected chi connectivity index (χ3v) is 9.23. The number of benzene rings is 1. The smallest absolute Gasteiger partial charge is 0.324 e. The van der Waals surface area contributed by atoms with Gasteiger partial charge in [0.15, 0.2) is 19.9 Å². The van der Waals surface area contributed by atoms with Crippen molar-refractivity contribution in [3.63, 3.8) is 0 Å². The predicted molar refractivity (Wildman–Crippen MR) is 95.9 cm³/mol. The predicted octanol–water partition coefficient (Wildman–Crippen LogP) is 4.83. The fourth-order valence-electron chi connectivity index (χ4n) is 2.50. The van der Waals surface area contributed by atoms with E-state index in [2.05, 4.69) is 35.7 Å². The lowest BCUT2D eigenvalue weighted by Crippen LogP contribution is -2.42. The molecule has 24 heavy (non-hydrogen) atoms. The SMILES string of the molecule is CC[Si](CC)(CC)Nc1nc(Oc2ccc(OC)cc2)ncc1F. The van der Waals surface area contributed by atoms with Crippen LogP contribution in [0.5, 0.6) is 17.5 Å².